The number of nitrogens with one attached hydrogen (secondary N) is 2. The topological polar surface area (TPSA) is 80.3 Å². The van der Waals surface area contributed by atoms with Gasteiger partial charge in [-0.25, -0.2) is 9.78 Å². The lowest BCUT2D eigenvalue weighted by Crippen LogP contribution is -2.27. The van der Waals surface area contributed by atoms with Gasteiger partial charge in [-0.05, 0) is 57.2 Å². The monoisotopic (exact) mass is 377 g/mol. The van der Waals surface area contributed by atoms with Crippen molar-refractivity contribution in [2.24, 2.45) is 0 Å². The molecule has 1 amide bonds. The van der Waals surface area contributed by atoms with E-state index >= 15 is 0 Å². The van der Waals surface area contributed by atoms with Gasteiger partial charge in [-0.3, -0.25) is 10.1 Å². The summed E-state index contributed by atoms with van der Waals surface area (Å²) < 4.78 is 5.28. The van der Waals surface area contributed by atoms with Gasteiger partial charge in [0.25, 0.3) is 0 Å². The lowest BCUT2D eigenvalue weighted by atomic mass is 10.1. The number of carbonyl (C=O) groups excluding carboxylic acids is 2. The normalized spacial score (nSPS) is 11.2. The Kier molecular flexibility index (Phi) is 5.31. The van der Waals surface area contributed by atoms with Crippen LogP contribution in [0.2, 0.25) is 0 Å². The van der Waals surface area contributed by atoms with Crippen LogP contribution in [0.3, 0.4) is 0 Å². The van der Waals surface area contributed by atoms with Crippen LogP contribution in [0, 0.1) is 0 Å². The van der Waals surface area contributed by atoms with E-state index in [1.54, 1.807) is 6.07 Å². The molecule has 3 aromatic rings. The van der Waals surface area contributed by atoms with Gasteiger partial charge in [0.15, 0.2) is 5.78 Å². The number of anilines is 2. The van der Waals surface area contributed by atoms with E-state index in [2.05, 4.69) is 17.2 Å². The molecule has 1 aromatic heterocycles. The van der Waals surface area contributed by atoms with Crippen LogP contribution in [0.4, 0.5) is 16.2 Å². The number of nitrogens with zero attached hydrogens (tertiary/aromatic N) is 1. The SMILES string of the molecule is C=CC(=O)CNc1ccc2cc3ccc(NC(=O)OC(C)(C)C)cc3nc2c1. The minimum atomic E-state index is -0.564. The van der Waals surface area contributed by atoms with Crippen LogP contribution in [0.1, 0.15) is 20.8 Å². The van der Waals surface area contributed by atoms with Crippen LogP contribution in [0.15, 0.2) is 55.1 Å². The Morgan fingerprint density at radius 1 is 1.04 bits per heavy atom. The summed E-state index contributed by atoms with van der Waals surface area (Å²) in [5, 5.41) is 7.74. The molecule has 0 aliphatic heterocycles. The number of ether oxygens (including phenoxy) is 1. The van der Waals surface area contributed by atoms with Crippen molar-refractivity contribution in [2.75, 3.05) is 17.2 Å². The highest BCUT2D eigenvalue weighted by Gasteiger charge is 2.16. The second kappa shape index (κ2) is 7.68. The first-order valence-corrected chi connectivity index (χ1v) is 8.97. The Morgan fingerprint density at radius 2 is 1.64 bits per heavy atom. The molecule has 0 aliphatic carbocycles. The molecule has 0 saturated heterocycles. The molecule has 144 valence electrons. The molecule has 0 radical (unpaired) electrons. The van der Waals surface area contributed by atoms with E-state index in [4.69, 9.17) is 9.72 Å². The molecular weight excluding hydrogens is 354 g/mol. The lowest BCUT2D eigenvalue weighted by molar-refractivity contribution is -0.113. The predicted molar refractivity (Wildman–Crippen MR) is 113 cm³/mol. The Balaban J connectivity index is 1.87. The first-order valence-electron chi connectivity index (χ1n) is 8.97. The number of benzene rings is 2. The van der Waals surface area contributed by atoms with Crippen LogP contribution < -0.4 is 10.6 Å². The number of pyridine rings is 1. The molecule has 2 N–H and O–H groups in total. The third kappa shape index (κ3) is 4.85. The fourth-order valence-electron chi connectivity index (χ4n) is 2.69. The Bertz CT molecular complexity index is 1070. The summed E-state index contributed by atoms with van der Waals surface area (Å²) in [5.41, 5.74) is 2.39. The van der Waals surface area contributed by atoms with E-state index < -0.39 is 11.7 Å². The first kappa shape index (κ1) is 19.4. The van der Waals surface area contributed by atoms with Crippen LogP contribution in [0.25, 0.3) is 21.8 Å². The number of hydrogen-bond acceptors (Lipinski definition) is 5. The molecule has 0 fully saturated rings. The average molecular weight is 377 g/mol. The van der Waals surface area contributed by atoms with Crippen molar-refractivity contribution in [3.05, 3.63) is 55.1 Å². The third-order valence-corrected chi connectivity index (χ3v) is 3.95. The van der Waals surface area contributed by atoms with Crippen molar-refractivity contribution in [1.29, 1.82) is 0 Å². The fraction of sp³-hybridized carbons (Fsp3) is 0.227. The first-order chi connectivity index (χ1) is 13.2. The standard InChI is InChI=1S/C22H23N3O3/c1-5-18(26)13-23-16-8-6-14-10-15-7-9-17(12-20(15)25-19(14)11-16)24-21(27)28-22(2,3)4/h5-12,23H,1,13H2,2-4H3,(H,24,27). The molecule has 0 spiro atoms. The van der Waals surface area contributed by atoms with Crippen molar-refractivity contribution in [3.8, 4) is 0 Å². The minimum Gasteiger partial charge on any atom is -0.444 e. The van der Waals surface area contributed by atoms with Gasteiger partial charge in [0, 0.05) is 22.1 Å². The largest absolute Gasteiger partial charge is 0.444 e. The molecule has 0 aliphatic rings. The highest BCUT2D eigenvalue weighted by atomic mass is 16.6. The van der Waals surface area contributed by atoms with Gasteiger partial charge in [0.05, 0.1) is 17.6 Å². The number of fused-ring (bicyclic) bond motifs is 2. The van der Waals surface area contributed by atoms with Crippen molar-refractivity contribution in [3.63, 3.8) is 0 Å². The van der Waals surface area contributed by atoms with Crippen molar-refractivity contribution in [1.82, 2.24) is 4.98 Å². The zero-order chi connectivity index (χ0) is 20.3. The van der Waals surface area contributed by atoms with E-state index in [1.165, 1.54) is 6.08 Å². The van der Waals surface area contributed by atoms with Crippen molar-refractivity contribution >= 4 is 45.1 Å². The summed E-state index contributed by atoms with van der Waals surface area (Å²) in [5.74, 6) is -0.0792. The number of carbonyl (C=O) groups is 2. The van der Waals surface area contributed by atoms with E-state index in [0.717, 1.165) is 27.5 Å². The van der Waals surface area contributed by atoms with Gasteiger partial charge in [0.2, 0.25) is 0 Å². The van der Waals surface area contributed by atoms with E-state index in [9.17, 15) is 9.59 Å². The zero-order valence-electron chi connectivity index (χ0n) is 16.2. The molecule has 1 heterocycles. The van der Waals surface area contributed by atoms with Gasteiger partial charge < -0.3 is 10.1 Å². The Morgan fingerprint density at radius 3 is 2.25 bits per heavy atom. The Labute approximate surface area is 163 Å². The molecular formula is C22H23N3O3. The van der Waals surface area contributed by atoms with Gasteiger partial charge in [0.1, 0.15) is 5.60 Å². The van der Waals surface area contributed by atoms with Crippen LogP contribution in [-0.4, -0.2) is 29.0 Å². The van der Waals surface area contributed by atoms with Gasteiger partial charge in [-0.1, -0.05) is 18.7 Å². The predicted octanol–water partition coefficient (Wildman–Crippen LogP) is 4.90. The molecule has 0 saturated carbocycles. The molecule has 3 rings (SSSR count). The summed E-state index contributed by atoms with van der Waals surface area (Å²) in [6, 6.07) is 13.3. The molecule has 0 atom stereocenters. The second-order valence-electron chi connectivity index (χ2n) is 7.45. The quantitative estimate of drug-likeness (QED) is 0.488. The zero-order valence-corrected chi connectivity index (χ0v) is 16.2. The minimum absolute atomic E-state index is 0.0792. The van der Waals surface area contributed by atoms with Crippen LogP contribution in [-0.2, 0) is 9.53 Å². The Hall–Kier alpha value is -3.41. The van der Waals surface area contributed by atoms with Gasteiger partial charge in [-0.15, -0.1) is 0 Å². The molecule has 2 aromatic carbocycles. The molecule has 28 heavy (non-hydrogen) atoms. The van der Waals surface area contributed by atoms with Crippen molar-refractivity contribution < 1.29 is 14.3 Å². The summed E-state index contributed by atoms with van der Waals surface area (Å²) in [6.07, 6.45) is 0.782. The summed E-state index contributed by atoms with van der Waals surface area (Å²) in [6.45, 7) is 9.09. The van der Waals surface area contributed by atoms with Gasteiger partial charge >= 0.3 is 6.09 Å². The van der Waals surface area contributed by atoms with E-state index in [1.807, 2.05) is 57.2 Å². The number of rotatable bonds is 5. The van der Waals surface area contributed by atoms with E-state index in [0.29, 0.717) is 5.69 Å². The third-order valence-electron chi connectivity index (χ3n) is 3.95. The lowest BCUT2D eigenvalue weighted by Gasteiger charge is -2.19. The maximum atomic E-state index is 12.0. The number of hydrogen-bond donors (Lipinski definition) is 2. The summed E-state index contributed by atoms with van der Waals surface area (Å²) in [7, 11) is 0. The van der Waals surface area contributed by atoms with Gasteiger partial charge in [-0.2, -0.15) is 0 Å². The summed E-state index contributed by atoms with van der Waals surface area (Å²) in [4.78, 5) is 28.1. The molecule has 6 nitrogen and oxygen atoms in total. The van der Waals surface area contributed by atoms with E-state index in [-0.39, 0.29) is 12.3 Å². The number of amides is 1. The maximum absolute atomic E-state index is 12.0. The average Bonchev–Trinajstić information content (AvgIpc) is 2.62. The summed E-state index contributed by atoms with van der Waals surface area (Å²) >= 11 is 0. The fourth-order valence-corrected chi connectivity index (χ4v) is 2.69. The smallest absolute Gasteiger partial charge is 0.412 e. The molecule has 0 bridgehead atoms. The maximum Gasteiger partial charge on any atom is 0.412 e. The van der Waals surface area contributed by atoms with Crippen molar-refractivity contribution in [2.45, 2.75) is 26.4 Å². The second-order valence-corrected chi connectivity index (χ2v) is 7.45. The van der Waals surface area contributed by atoms with Crippen LogP contribution in [0.5, 0.6) is 0 Å². The highest BCUT2D eigenvalue weighted by molar-refractivity contribution is 5.97. The van der Waals surface area contributed by atoms with Crippen LogP contribution >= 0.6 is 0 Å². The molecule has 6 heteroatoms. The molecule has 0 unspecified atom stereocenters. The number of ketones is 1. The highest BCUT2D eigenvalue weighted by Crippen LogP contribution is 2.25. The number of aromatic nitrogens is 1.